The number of hydrogen-bond donors (Lipinski definition) is 0. The lowest BCUT2D eigenvalue weighted by atomic mass is 9.85. The summed E-state index contributed by atoms with van der Waals surface area (Å²) in [7, 11) is 0. The second-order valence-corrected chi connectivity index (χ2v) is 6.50. The fraction of sp³-hybridized carbons (Fsp3) is 0.174. The fourth-order valence-corrected chi connectivity index (χ4v) is 3.88. The molecule has 1 unspecified atom stereocenters. The van der Waals surface area contributed by atoms with Crippen LogP contribution in [0.5, 0.6) is 0 Å². The molecule has 0 saturated carbocycles. The first-order valence-corrected chi connectivity index (χ1v) is 8.82. The number of nitrogens with zero attached hydrogens (tertiary/aromatic N) is 2. The Morgan fingerprint density at radius 2 is 1.40 bits per heavy atom. The molecule has 4 rings (SSSR count). The molecule has 0 saturated heterocycles. The molecule has 0 N–H and O–H groups in total. The van der Waals surface area contributed by atoms with E-state index >= 15 is 0 Å². The summed E-state index contributed by atoms with van der Waals surface area (Å²) in [5.74, 6) is 0. The molecule has 0 aromatic heterocycles. The van der Waals surface area contributed by atoms with E-state index in [2.05, 4.69) is 85.5 Å². The van der Waals surface area contributed by atoms with E-state index < -0.39 is 0 Å². The van der Waals surface area contributed by atoms with Gasteiger partial charge in [-0.15, -0.1) is 0 Å². The molecule has 1 heterocycles. The Kier molecular flexibility index (Phi) is 3.89. The molecule has 0 radical (unpaired) electrons. The third-order valence-electron chi connectivity index (χ3n) is 5.10. The zero-order valence-corrected chi connectivity index (χ0v) is 14.7. The number of rotatable bonds is 3. The third kappa shape index (κ3) is 2.45. The van der Waals surface area contributed by atoms with Crippen molar-refractivity contribution in [1.29, 1.82) is 0 Å². The summed E-state index contributed by atoms with van der Waals surface area (Å²) >= 11 is 0. The van der Waals surface area contributed by atoms with E-state index in [1.165, 1.54) is 16.8 Å². The van der Waals surface area contributed by atoms with Gasteiger partial charge in [-0.2, -0.15) is 0 Å². The summed E-state index contributed by atoms with van der Waals surface area (Å²) in [5, 5.41) is 0. The normalized spacial score (nSPS) is 20.7. The molecular formula is C23H22N2. The Morgan fingerprint density at radius 1 is 0.800 bits per heavy atom. The lowest BCUT2D eigenvalue weighted by molar-refractivity contribution is 0.604. The second-order valence-electron chi connectivity index (χ2n) is 6.50. The molecule has 1 atom stereocenters. The molecule has 0 aliphatic carbocycles. The summed E-state index contributed by atoms with van der Waals surface area (Å²) in [5.41, 5.74) is 5.57. The third-order valence-corrected chi connectivity index (χ3v) is 5.10. The van der Waals surface area contributed by atoms with Crippen molar-refractivity contribution in [2.75, 3.05) is 11.4 Å². The van der Waals surface area contributed by atoms with Crippen LogP contribution in [0.3, 0.4) is 0 Å². The van der Waals surface area contributed by atoms with Gasteiger partial charge in [0, 0.05) is 17.8 Å². The highest BCUT2D eigenvalue weighted by atomic mass is 15.2. The molecule has 3 aromatic carbocycles. The first-order chi connectivity index (χ1) is 12.2. The number of hydrogen-bond acceptors (Lipinski definition) is 2. The minimum Gasteiger partial charge on any atom is -0.356 e. The van der Waals surface area contributed by atoms with E-state index in [1.807, 2.05) is 18.2 Å². The summed E-state index contributed by atoms with van der Waals surface area (Å²) in [6, 6.07) is 29.5. The van der Waals surface area contributed by atoms with Gasteiger partial charge in [0.25, 0.3) is 0 Å². The van der Waals surface area contributed by atoms with Gasteiger partial charge in [0.15, 0.2) is 0 Å². The van der Waals surface area contributed by atoms with E-state index in [4.69, 9.17) is 4.99 Å². The smallest absolute Gasteiger partial charge is 0.105 e. The fourth-order valence-electron chi connectivity index (χ4n) is 3.88. The van der Waals surface area contributed by atoms with Crippen molar-refractivity contribution in [1.82, 2.24) is 0 Å². The van der Waals surface area contributed by atoms with Crippen LogP contribution in [0, 0.1) is 0 Å². The monoisotopic (exact) mass is 326 g/mol. The molecule has 0 amide bonds. The van der Waals surface area contributed by atoms with E-state index in [0.29, 0.717) is 0 Å². The maximum absolute atomic E-state index is 5.10. The van der Waals surface area contributed by atoms with Crippen LogP contribution in [0.4, 0.5) is 11.4 Å². The quantitative estimate of drug-likeness (QED) is 0.615. The summed E-state index contributed by atoms with van der Waals surface area (Å²) in [6.45, 7) is 5.42. The van der Waals surface area contributed by atoms with Crippen LogP contribution >= 0.6 is 0 Å². The molecule has 3 aromatic rings. The molecule has 1 aliphatic heterocycles. The predicted octanol–water partition coefficient (Wildman–Crippen LogP) is 5.56. The maximum atomic E-state index is 5.10. The standard InChI is InChI=1S/C23H22N2/c1-3-25-21-17-11-10-16-20(21)22(24-19-14-8-5-9-15-19)23(25,2)18-12-6-4-7-13-18/h4-17H,3H2,1-2H3. The number of aliphatic imine (C=N–C) groups is 1. The number of para-hydroxylation sites is 2. The molecule has 25 heavy (non-hydrogen) atoms. The van der Waals surface area contributed by atoms with Crippen LogP contribution in [-0.2, 0) is 5.54 Å². The Hall–Kier alpha value is -2.87. The highest BCUT2D eigenvalue weighted by Crippen LogP contribution is 2.45. The van der Waals surface area contributed by atoms with Gasteiger partial charge in [0.05, 0.1) is 11.4 Å². The summed E-state index contributed by atoms with van der Waals surface area (Å²) in [6.07, 6.45) is 0. The lowest BCUT2D eigenvalue weighted by Gasteiger charge is -2.37. The van der Waals surface area contributed by atoms with Crippen molar-refractivity contribution in [3.05, 3.63) is 96.1 Å². The molecule has 0 fully saturated rings. The van der Waals surface area contributed by atoms with E-state index in [9.17, 15) is 0 Å². The SMILES string of the molecule is CCN1c2ccccc2C(=Nc2ccccc2)C1(C)c1ccccc1. The van der Waals surface area contributed by atoms with Crippen LogP contribution in [0.15, 0.2) is 89.9 Å². The topological polar surface area (TPSA) is 15.6 Å². The molecular weight excluding hydrogens is 304 g/mol. The van der Waals surface area contributed by atoms with Crippen LogP contribution in [0.1, 0.15) is 25.0 Å². The van der Waals surface area contributed by atoms with Gasteiger partial charge >= 0.3 is 0 Å². The van der Waals surface area contributed by atoms with Gasteiger partial charge in [-0.05, 0) is 37.6 Å². The predicted molar refractivity (Wildman–Crippen MR) is 106 cm³/mol. The van der Waals surface area contributed by atoms with Gasteiger partial charge in [-0.1, -0.05) is 66.7 Å². The van der Waals surface area contributed by atoms with Gasteiger partial charge in [0.2, 0.25) is 0 Å². The van der Waals surface area contributed by atoms with Crippen molar-refractivity contribution in [2.45, 2.75) is 19.4 Å². The van der Waals surface area contributed by atoms with Crippen LogP contribution < -0.4 is 4.90 Å². The molecule has 1 aliphatic rings. The van der Waals surface area contributed by atoms with E-state index in [1.54, 1.807) is 0 Å². The van der Waals surface area contributed by atoms with Crippen molar-refractivity contribution in [3.63, 3.8) is 0 Å². The van der Waals surface area contributed by atoms with E-state index in [-0.39, 0.29) is 5.54 Å². The number of likely N-dealkylation sites (N-methyl/N-ethyl adjacent to an activating group) is 1. The second kappa shape index (κ2) is 6.21. The molecule has 0 spiro atoms. The van der Waals surface area contributed by atoms with Gasteiger partial charge in [-0.25, -0.2) is 4.99 Å². The average molecular weight is 326 g/mol. The number of fused-ring (bicyclic) bond motifs is 1. The number of benzene rings is 3. The minimum atomic E-state index is -0.282. The van der Waals surface area contributed by atoms with E-state index in [0.717, 1.165) is 17.9 Å². The van der Waals surface area contributed by atoms with Crippen molar-refractivity contribution in [2.24, 2.45) is 4.99 Å². The largest absolute Gasteiger partial charge is 0.356 e. The zero-order valence-electron chi connectivity index (χ0n) is 14.7. The zero-order chi connectivity index (χ0) is 17.3. The highest BCUT2D eigenvalue weighted by molar-refractivity contribution is 6.18. The Balaban J connectivity index is 1.99. The highest BCUT2D eigenvalue weighted by Gasteiger charge is 2.46. The average Bonchev–Trinajstić information content (AvgIpc) is 2.92. The molecule has 124 valence electrons. The van der Waals surface area contributed by atoms with Crippen molar-refractivity contribution >= 4 is 17.1 Å². The molecule has 2 nitrogen and oxygen atoms in total. The van der Waals surface area contributed by atoms with Crippen molar-refractivity contribution < 1.29 is 0 Å². The first kappa shape index (κ1) is 15.6. The summed E-state index contributed by atoms with van der Waals surface area (Å²) in [4.78, 5) is 7.56. The van der Waals surface area contributed by atoms with Gasteiger partial charge < -0.3 is 4.90 Å². The maximum Gasteiger partial charge on any atom is 0.105 e. The van der Waals surface area contributed by atoms with Gasteiger partial charge in [0.1, 0.15) is 5.54 Å². The molecule has 2 heteroatoms. The molecule has 0 bridgehead atoms. The Labute approximate surface area is 149 Å². The van der Waals surface area contributed by atoms with Gasteiger partial charge in [-0.3, -0.25) is 0 Å². The van der Waals surface area contributed by atoms with Crippen LogP contribution in [0.25, 0.3) is 0 Å². The van der Waals surface area contributed by atoms with Crippen LogP contribution in [0.2, 0.25) is 0 Å². The summed E-state index contributed by atoms with van der Waals surface area (Å²) < 4.78 is 0. The van der Waals surface area contributed by atoms with Crippen LogP contribution in [-0.4, -0.2) is 12.3 Å². The number of anilines is 1. The first-order valence-electron chi connectivity index (χ1n) is 8.82. The Bertz CT molecular complexity index is 900. The lowest BCUT2D eigenvalue weighted by Crippen LogP contribution is -2.45. The Morgan fingerprint density at radius 3 is 2.08 bits per heavy atom. The van der Waals surface area contributed by atoms with Crippen molar-refractivity contribution in [3.8, 4) is 0 Å². The minimum absolute atomic E-state index is 0.282.